The average molecular weight is 280 g/mol. The second-order valence-electron chi connectivity index (χ2n) is 6.23. The molecule has 1 amide bonds. The summed E-state index contributed by atoms with van der Waals surface area (Å²) in [5, 5.41) is 12.8. The number of piperidine rings is 1. The van der Waals surface area contributed by atoms with Crippen molar-refractivity contribution in [3.05, 3.63) is 17.5 Å². The quantitative estimate of drug-likeness (QED) is 0.894. The Bertz CT molecular complexity index is 507. The van der Waals surface area contributed by atoms with E-state index in [0.717, 1.165) is 0 Å². The molecule has 1 aromatic heterocycles. The molecule has 20 heavy (non-hydrogen) atoms. The van der Waals surface area contributed by atoms with Crippen LogP contribution in [-0.2, 0) is 10.2 Å². The third-order valence-corrected chi connectivity index (χ3v) is 3.60. The molecule has 1 aromatic rings. The summed E-state index contributed by atoms with van der Waals surface area (Å²) in [6.45, 7) is 6.86. The van der Waals surface area contributed by atoms with Crippen LogP contribution in [0.4, 0.5) is 0 Å². The van der Waals surface area contributed by atoms with E-state index in [0.29, 0.717) is 37.4 Å². The highest BCUT2D eigenvalue weighted by atomic mass is 16.5. The van der Waals surface area contributed by atoms with E-state index >= 15 is 0 Å². The van der Waals surface area contributed by atoms with Crippen LogP contribution in [0.25, 0.3) is 0 Å². The topological polar surface area (TPSA) is 83.6 Å². The zero-order valence-electron chi connectivity index (χ0n) is 12.0. The monoisotopic (exact) mass is 280 g/mol. The maximum Gasteiger partial charge on any atom is 0.306 e. The molecule has 1 aliphatic rings. The molecule has 2 heterocycles. The number of likely N-dealkylation sites (tertiary alicyclic amines) is 1. The van der Waals surface area contributed by atoms with Crippen molar-refractivity contribution < 1.29 is 19.2 Å². The second-order valence-corrected chi connectivity index (χ2v) is 6.23. The minimum Gasteiger partial charge on any atom is -0.481 e. The van der Waals surface area contributed by atoms with Crippen LogP contribution in [0.1, 0.15) is 49.9 Å². The molecule has 0 aromatic carbocycles. The molecular weight excluding hydrogens is 260 g/mol. The summed E-state index contributed by atoms with van der Waals surface area (Å²) < 4.78 is 5.21. The van der Waals surface area contributed by atoms with Gasteiger partial charge in [-0.05, 0) is 12.8 Å². The van der Waals surface area contributed by atoms with E-state index < -0.39 is 5.97 Å². The number of aromatic nitrogens is 1. The molecule has 1 N–H and O–H groups in total. The predicted octanol–water partition coefficient (Wildman–Crippen LogP) is 1.91. The summed E-state index contributed by atoms with van der Waals surface area (Å²) in [5.41, 5.74) is 0.102. The summed E-state index contributed by atoms with van der Waals surface area (Å²) in [6, 6.07) is 1.67. The highest BCUT2D eigenvalue weighted by Gasteiger charge is 2.30. The van der Waals surface area contributed by atoms with Gasteiger partial charge in [0, 0.05) is 24.6 Å². The molecule has 0 radical (unpaired) electrons. The standard InChI is InChI=1S/C14H20N2O4/c1-14(2,3)11-8-10(15-20-11)12(17)16-6-4-9(5-7-16)13(18)19/h8-9H,4-7H2,1-3H3,(H,18,19). The third-order valence-electron chi connectivity index (χ3n) is 3.60. The van der Waals surface area contributed by atoms with E-state index in [-0.39, 0.29) is 17.2 Å². The Kier molecular flexibility index (Phi) is 3.83. The second kappa shape index (κ2) is 5.26. The maximum absolute atomic E-state index is 12.3. The van der Waals surface area contributed by atoms with Gasteiger partial charge in [0.25, 0.3) is 5.91 Å². The van der Waals surface area contributed by atoms with Crippen LogP contribution < -0.4 is 0 Å². The van der Waals surface area contributed by atoms with E-state index in [1.54, 1.807) is 11.0 Å². The number of hydrogen-bond acceptors (Lipinski definition) is 4. The van der Waals surface area contributed by atoms with E-state index in [1.165, 1.54) is 0 Å². The highest BCUT2D eigenvalue weighted by Crippen LogP contribution is 2.24. The van der Waals surface area contributed by atoms with Crippen molar-refractivity contribution in [3.63, 3.8) is 0 Å². The lowest BCUT2D eigenvalue weighted by Gasteiger charge is -2.29. The number of carbonyl (C=O) groups is 2. The maximum atomic E-state index is 12.3. The van der Waals surface area contributed by atoms with Gasteiger partial charge in [0.2, 0.25) is 0 Å². The number of nitrogens with zero attached hydrogens (tertiary/aromatic N) is 2. The Morgan fingerprint density at radius 3 is 2.40 bits per heavy atom. The normalized spacial score (nSPS) is 17.2. The van der Waals surface area contributed by atoms with E-state index in [9.17, 15) is 9.59 Å². The SMILES string of the molecule is CC(C)(C)c1cc(C(=O)N2CCC(C(=O)O)CC2)no1. The molecule has 110 valence electrons. The molecular formula is C14H20N2O4. The summed E-state index contributed by atoms with van der Waals surface area (Å²) in [6.07, 6.45) is 0.982. The Morgan fingerprint density at radius 2 is 1.95 bits per heavy atom. The molecule has 6 nitrogen and oxygen atoms in total. The fourth-order valence-electron chi connectivity index (χ4n) is 2.22. The van der Waals surface area contributed by atoms with Gasteiger partial charge in [0.05, 0.1) is 5.92 Å². The first-order valence-electron chi connectivity index (χ1n) is 6.78. The molecule has 0 bridgehead atoms. The fraction of sp³-hybridized carbons (Fsp3) is 0.643. The zero-order chi connectivity index (χ0) is 14.9. The van der Waals surface area contributed by atoms with Gasteiger partial charge in [-0.15, -0.1) is 0 Å². The van der Waals surface area contributed by atoms with Gasteiger partial charge in [-0.25, -0.2) is 0 Å². The lowest BCUT2D eigenvalue weighted by atomic mass is 9.93. The van der Waals surface area contributed by atoms with Crippen molar-refractivity contribution >= 4 is 11.9 Å². The average Bonchev–Trinajstić information content (AvgIpc) is 2.87. The van der Waals surface area contributed by atoms with Gasteiger partial charge < -0.3 is 14.5 Å². The van der Waals surface area contributed by atoms with Crippen LogP contribution in [0.15, 0.2) is 10.6 Å². The minimum atomic E-state index is -0.784. The predicted molar refractivity (Wildman–Crippen MR) is 71.5 cm³/mol. The number of amides is 1. The van der Waals surface area contributed by atoms with Gasteiger partial charge in [0.1, 0.15) is 5.76 Å². The molecule has 0 saturated carbocycles. The van der Waals surface area contributed by atoms with Crippen LogP contribution in [0.5, 0.6) is 0 Å². The lowest BCUT2D eigenvalue weighted by Crippen LogP contribution is -2.40. The molecule has 0 unspecified atom stereocenters. The van der Waals surface area contributed by atoms with Gasteiger partial charge in [-0.1, -0.05) is 25.9 Å². The largest absolute Gasteiger partial charge is 0.481 e. The van der Waals surface area contributed by atoms with Crippen molar-refractivity contribution in [3.8, 4) is 0 Å². The van der Waals surface area contributed by atoms with Crippen molar-refractivity contribution in [1.82, 2.24) is 10.1 Å². The molecule has 0 atom stereocenters. The Hall–Kier alpha value is -1.85. The third kappa shape index (κ3) is 3.00. The first-order chi connectivity index (χ1) is 9.29. The van der Waals surface area contributed by atoms with Crippen molar-refractivity contribution in [1.29, 1.82) is 0 Å². The van der Waals surface area contributed by atoms with Crippen molar-refractivity contribution in [2.75, 3.05) is 13.1 Å². The van der Waals surface area contributed by atoms with E-state index in [2.05, 4.69) is 5.16 Å². The number of aliphatic carboxylic acids is 1. The Balaban J connectivity index is 2.02. The number of carbonyl (C=O) groups excluding carboxylic acids is 1. The first kappa shape index (κ1) is 14.6. The lowest BCUT2D eigenvalue weighted by molar-refractivity contribution is -0.143. The molecule has 2 rings (SSSR count). The van der Waals surface area contributed by atoms with Crippen LogP contribution in [0, 0.1) is 5.92 Å². The van der Waals surface area contributed by atoms with Crippen LogP contribution in [0.3, 0.4) is 0 Å². The Morgan fingerprint density at radius 1 is 1.35 bits per heavy atom. The molecule has 0 spiro atoms. The van der Waals surface area contributed by atoms with Crippen LogP contribution >= 0.6 is 0 Å². The fourth-order valence-corrected chi connectivity index (χ4v) is 2.22. The molecule has 1 saturated heterocycles. The smallest absolute Gasteiger partial charge is 0.306 e. The van der Waals surface area contributed by atoms with Crippen molar-refractivity contribution in [2.45, 2.75) is 39.0 Å². The number of carboxylic acids is 1. The van der Waals surface area contributed by atoms with Gasteiger partial charge in [0.15, 0.2) is 5.69 Å². The van der Waals surface area contributed by atoms with Crippen molar-refractivity contribution in [2.24, 2.45) is 5.92 Å². The van der Waals surface area contributed by atoms with E-state index in [1.807, 2.05) is 20.8 Å². The summed E-state index contributed by atoms with van der Waals surface area (Å²) in [4.78, 5) is 24.8. The molecule has 1 aliphatic heterocycles. The van der Waals surface area contributed by atoms with Gasteiger partial charge in [-0.3, -0.25) is 9.59 Å². The highest BCUT2D eigenvalue weighted by molar-refractivity contribution is 5.92. The number of carboxylic acid groups (broad SMARTS) is 1. The number of rotatable bonds is 2. The summed E-state index contributed by atoms with van der Waals surface area (Å²) in [5.74, 6) is -0.649. The molecule has 0 aliphatic carbocycles. The zero-order valence-corrected chi connectivity index (χ0v) is 12.0. The molecule has 6 heteroatoms. The summed E-state index contributed by atoms with van der Waals surface area (Å²) >= 11 is 0. The van der Waals surface area contributed by atoms with E-state index in [4.69, 9.17) is 9.63 Å². The minimum absolute atomic E-state index is 0.187. The van der Waals surface area contributed by atoms with Crippen LogP contribution in [0.2, 0.25) is 0 Å². The van der Waals surface area contributed by atoms with Gasteiger partial charge in [-0.2, -0.15) is 0 Å². The van der Waals surface area contributed by atoms with Gasteiger partial charge >= 0.3 is 5.97 Å². The molecule has 1 fully saturated rings. The number of hydrogen-bond donors (Lipinski definition) is 1. The Labute approximate surface area is 117 Å². The first-order valence-corrected chi connectivity index (χ1v) is 6.78. The summed E-state index contributed by atoms with van der Waals surface area (Å²) in [7, 11) is 0. The van der Waals surface area contributed by atoms with Crippen LogP contribution in [-0.4, -0.2) is 40.1 Å².